The van der Waals surface area contributed by atoms with E-state index in [4.69, 9.17) is 16.1 Å². The van der Waals surface area contributed by atoms with Crippen molar-refractivity contribution < 1.29 is 9.32 Å². The lowest BCUT2D eigenvalue weighted by Crippen LogP contribution is -2.08. The van der Waals surface area contributed by atoms with E-state index in [2.05, 4.69) is 15.5 Å². The molecule has 0 radical (unpaired) electrons. The zero-order valence-electron chi connectivity index (χ0n) is 14.7. The molecule has 1 fully saturated rings. The van der Waals surface area contributed by atoms with Crippen molar-refractivity contribution in [2.75, 3.05) is 5.32 Å². The Bertz CT molecular complexity index is 1000. The molecule has 2 heterocycles. The lowest BCUT2D eigenvalue weighted by Gasteiger charge is -2.20. The van der Waals surface area contributed by atoms with Crippen LogP contribution in [0.2, 0.25) is 5.02 Å². The Morgan fingerprint density at radius 2 is 2.19 bits per heavy atom. The fraction of sp³-hybridized carbons (Fsp3) is 0.250. The van der Waals surface area contributed by atoms with E-state index in [1.54, 1.807) is 12.1 Å². The number of anilines is 1. The van der Waals surface area contributed by atoms with Gasteiger partial charge in [-0.15, -0.1) is 11.3 Å². The van der Waals surface area contributed by atoms with Gasteiger partial charge >= 0.3 is 0 Å². The molecule has 0 saturated heterocycles. The first-order chi connectivity index (χ1) is 13.1. The highest BCUT2D eigenvalue weighted by atomic mass is 35.5. The second-order valence-corrected chi connectivity index (χ2v) is 8.17. The minimum absolute atomic E-state index is 0.217. The van der Waals surface area contributed by atoms with Gasteiger partial charge in [-0.1, -0.05) is 41.4 Å². The summed E-state index contributed by atoms with van der Waals surface area (Å²) in [7, 11) is 0. The molecule has 5 nitrogen and oxygen atoms in total. The molecule has 1 aromatic carbocycles. The van der Waals surface area contributed by atoms with E-state index in [0.717, 1.165) is 39.7 Å². The van der Waals surface area contributed by atoms with Gasteiger partial charge in [-0.25, -0.2) is 0 Å². The van der Waals surface area contributed by atoms with Crippen molar-refractivity contribution in [2.45, 2.75) is 32.1 Å². The van der Waals surface area contributed by atoms with Gasteiger partial charge in [-0.05, 0) is 43.5 Å². The van der Waals surface area contributed by atoms with E-state index in [-0.39, 0.29) is 5.91 Å². The van der Waals surface area contributed by atoms with Crippen molar-refractivity contribution in [1.82, 2.24) is 10.1 Å². The number of aryl methyl sites for hydroxylation is 1. The van der Waals surface area contributed by atoms with Crippen LogP contribution >= 0.6 is 22.9 Å². The fourth-order valence-electron chi connectivity index (χ4n) is 2.82. The van der Waals surface area contributed by atoms with Crippen LogP contribution in [0.1, 0.15) is 41.5 Å². The average Bonchev–Trinajstić information content (AvgIpc) is 3.20. The van der Waals surface area contributed by atoms with Crippen LogP contribution in [0.15, 0.2) is 40.9 Å². The molecule has 1 N–H and O–H groups in total. The normalized spacial score (nSPS) is 14.4. The first-order valence-corrected chi connectivity index (χ1v) is 9.97. The molecule has 7 heteroatoms. The van der Waals surface area contributed by atoms with Gasteiger partial charge in [0.05, 0.1) is 10.6 Å². The van der Waals surface area contributed by atoms with Gasteiger partial charge in [0.15, 0.2) is 0 Å². The van der Waals surface area contributed by atoms with Crippen molar-refractivity contribution in [3.8, 4) is 10.7 Å². The van der Waals surface area contributed by atoms with Crippen molar-refractivity contribution in [3.05, 3.63) is 57.8 Å². The smallest absolute Gasteiger partial charge is 0.248 e. The Morgan fingerprint density at radius 3 is 2.93 bits per heavy atom. The highest BCUT2D eigenvalue weighted by molar-refractivity contribution is 7.16. The van der Waals surface area contributed by atoms with E-state index in [1.165, 1.54) is 23.8 Å². The Kier molecular flexibility index (Phi) is 5.09. The minimum atomic E-state index is -0.217. The number of carbonyl (C=O) groups is 1. The van der Waals surface area contributed by atoms with Crippen LogP contribution in [0.5, 0.6) is 0 Å². The van der Waals surface area contributed by atoms with Gasteiger partial charge in [-0.2, -0.15) is 4.98 Å². The highest BCUT2D eigenvalue weighted by Gasteiger charge is 2.26. The standard InChI is InChI=1S/C20H18ClN3O2S/c1-12-16(22-18(25)10-9-13-5-2-3-8-15(13)21)11-17(27-12)19-23-20(26-24-19)14-6-4-7-14/h2-3,5,8-11,14H,4,6-7H2,1H3,(H,22,25). The number of amides is 1. The number of nitrogens with zero attached hydrogens (tertiary/aromatic N) is 2. The zero-order chi connectivity index (χ0) is 18.8. The summed E-state index contributed by atoms with van der Waals surface area (Å²) in [5.41, 5.74) is 1.55. The Hall–Kier alpha value is -2.44. The molecule has 1 saturated carbocycles. The van der Waals surface area contributed by atoms with Crippen LogP contribution < -0.4 is 5.32 Å². The van der Waals surface area contributed by atoms with E-state index in [0.29, 0.717) is 16.8 Å². The number of aromatic nitrogens is 2. The number of rotatable bonds is 5. The quantitative estimate of drug-likeness (QED) is 0.560. The Balaban J connectivity index is 1.46. The maximum Gasteiger partial charge on any atom is 0.248 e. The SMILES string of the molecule is Cc1sc(-c2noc(C3CCC3)n2)cc1NC(=O)C=Cc1ccccc1Cl. The van der Waals surface area contributed by atoms with Crippen molar-refractivity contribution in [2.24, 2.45) is 0 Å². The summed E-state index contributed by atoms with van der Waals surface area (Å²) in [6, 6.07) is 9.26. The van der Waals surface area contributed by atoms with Crippen LogP contribution in [-0.2, 0) is 4.79 Å². The number of thiophene rings is 1. The van der Waals surface area contributed by atoms with E-state index >= 15 is 0 Å². The van der Waals surface area contributed by atoms with Crippen LogP contribution in [0.4, 0.5) is 5.69 Å². The van der Waals surface area contributed by atoms with Crippen molar-refractivity contribution in [3.63, 3.8) is 0 Å². The number of carbonyl (C=O) groups excluding carboxylic acids is 1. The average molecular weight is 400 g/mol. The molecule has 4 rings (SSSR count). The maximum absolute atomic E-state index is 12.2. The molecule has 1 amide bonds. The number of nitrogens with one attached hydrogen (secondary N) is 1. The maximum atomic E-state index is 12.2. The summed E-state index contributed by atoms with van der Waals surface area (Å²) in [6.45, 7) is 1.95. The molecule has 0 bridgehead atoms. The van der Waals surface area contributed by atoms with Crippen molar-refractivity contribution >= 4 is 40.6 Å². The Morgan fingerprint density at radius 1 is 1.37 bits per heavy atom. The topological polar surface area (TPSA) is 68.0 Å². The third-order valence-corrected chi connectivity index (χ3v) is 6.00. The lowest BCUT2D eigenvalue weighted by molar-refractivity contribution is -0.111. The summed E-state index contributed by atoms with van der Waals surface area (Å²) in [6.07, 6.45) is 6.62. The van der Waals surface area contributed by atoms with Gasteiger partial charge in [0.2, 0.25) is 17.6 Å². The lowest BCUT2D eigenvalue weighted by atomic mass is 9.85. The fourth-order valence-corrected chi connectivity index (χ4v) is 3.92. The molecule has 2 aromatic heterocycles. The molecule has 0 aliphatic heterocycles. The predicted octanol–water partition coefficient (Wildman–Crippen LogP) is 5.68. The van der Waals surface area contributed by atoms with E-state index in [9.17, 15) is 4.79 Å². The van der Waals surface area contributed by atoms with Crippen LogP contribution in [0, 0.1) is 6.92 Å². The molecule has 3 aromatic rings. The summed E-state index contributed by atoms with van der Waals surface area (Å²) >= 11 is 7.63. The van der Waals surface area contributed by atoms with Crippen LogP contribution in [0.25, 0.3) is 16.8 Å². The van der Waals surface area contributed by atoms with Crippen LogP contribution in [-0.4, -0.2) is 16.0 Å². The minimum Gasteiger partial charge on any atom is -0.339 e. The van der Waals surface area contributed by atoms with Crippen LogP contribution in [0.3, 0.4) is 0 Å². The molecule has 0 atom stereocenters. The largest absolute Gasteiger partial charge is 0.339 e. The molecule has 1 aliphatic rings. The number of halogens is 1. The number of benzene rings is 1. The first kappa shape index (κ1) is 17.9. The molecule has 1 aliphatic carbocycles. The second-order valence-electron chi connectivity index (χ2n) is 6.51. The third-order valence-electron chi connectivity index (χ3n) is 4.61. The van der Waals surface area contributed by atoms with E-state index in [1.807, 2.05) is 31.2 Å². The van der Waals surface area contributed by atoms with E-state index < -0.39 is 0 Å². The molecule has 0 unspecified atom stereocenters. The summed E-state index contributed by atoms with van der Waals surface area (Å²) in [5, 5.41) is 7.60. The second kappa shape index (κ2) is 7.66. The summed E-state index contributed by atoms with van der Waals surface area (Å²) in [4.78, 5) is 18.6. The van der Waals surface area contributed by atoms with Gasteiger partial charge in [-0.3, -0.25) is 4.79 Å². The zero-order valence-corrected chi connectivity index (χ0v) is 16.3. The van der Waals surface area contributed by atoms with Crippen molar-refractivity contribution in [1.29, 1.82) is 0 Å². The monoisotopic (exact) mass is 399 g/mol. The van der Waals surface area contributed by atoms with Gasteiger partial charge < -0.3 is 9.84 Å². The first-order valence-electron chi connectivity index (χ1n) is 8.78. The number of hydrogen-bond donors (Lipinski definition) is 1. The molecule has 138 valence electrons. The Labute approximate surface area is 166 Å². The highest BCUT2D eigenvalue weighted by Crippen LogP contribution is 2.38. The molecular formula is C20H18ClN3O2S. The summed E-state index contributed by atoms with van der Waals surface area (Å²) in [5.74, 6) is 1.49. The summed E-state index contributed by atoms with van der Waals surface area (Å²) < 4.78 is 5.39. The van der Waals surface area contributed by atoms with Gasteiger partial charge in [0.1, 0.15) is 0 Å². The molecule has 0 spiro atoms. The predicted molar refractivity (Wildman–Crippen MR) is 108 cm³/mol. The molecule has 27 heavy (non-hydrogen) atoms. The molecular weight excluding hydrogens is 382 g/mol. The third kappa shape index (κ3) is 3.96. The number of hydrogen-bond acceptors (Lipinski definition) is 5. The van der Waals surface area contributed by atoms with Gasteiger partial charge in [0.25, 0.3) is 0 Å². The van der Waals surface area contributed by atoms with Gasteiger partial charge in [0, 0.05) is 21.9 Å².